The number of nitrogens with one attached hydrogen (secondary N) is 1. The topological polar surface area (TPSA) is 24.9 Å². The lowest BCUT2D eigenvalue weighted by Crippen LogP contribution is -2.29. The Morgan fingerprint density at radius 3 is 2.92 bits per heavy atom. The van der Waals surface area contributed by atoms with E-state index in [1.165, 1.54) is 17.7 Å². The molecule has 1 N–H and O–H groups in total. The summed E-state index contributed by atoms with van der Waals surface area (Å²) in [4.78, 5) is 5.30. The molecule has 1 heterocycles. The molecule has 0 bridgehead atoms. The lowest BCUT2D eigenvalue weighted by atomic mass is 10.2. The molecule has 1 aliphatic rings. The molecule has 2 rings (SSSR count). The van der Waals surface area contributed by atoms with Gasteiger partial charge in [0.1, 0.15) is 0 Å². The molecule has 0 saturated heterocycles. The van der Waals surface area contributed by atoms with E-state index in [2.05, 4.69) is 10.3 Å². The van der Waals surface area contributed by atoms with Gasteiger partial charge in [-0.3, -0.25) is 0 Å². The molecule has 2 nitrogen and oxygen atoms in total. The Kier molecular flexibility index (Phi) is 2.10. The maximum atomic E-state index is 5.74. The zero-order chi connectivity index (χ0) is 8.60. The van der Waals surface area contributed by atoms with Crippen LogP contribution in [0.2, 0.25) is 4.47 Å². The van der Waals surface area contributed by atoms with E-state index >= 15 is 0 Å². The van der Waals surface area contributed by atoms with Gasteiger partial charge < -0.3 is 5.32 Å². The number of halogens is 1. The zero-order valence-electron chi connectivity index (χ0n) is 6.93. The third-order valence-electron chi connectivity index (χ3n) is 2.42. The number of thiazole rings is 1. The smallest absolute Gasteiger partial charge is 0.183 e. The van der Waals surface area contributed by atoms with Crippen LogP contribution in [-0.2, 0) is 6.42 Å². The first-order chi connectivity index (χ1) is 5.74. The molecular weight excluding hydrogens is 192 g/mol. The highest BCUT2D eigenvalue weighted by molar-refractivity contribution is 7.15. The lowest BCUT2D eigenvalue weighted by molar-refractivity contribution is 0.552. The Hall–Kier alpha value is -0.120. The Morgan fingerprint density at radius 2 is 2.50 bits per heavy atom. The second kappa shape index (κ2) is 2.98. The predicted octanol–water partition coefficient (Wildman–Crippen LogP) is 2.09. The average Bonchev–Trinajstić information content (AvgIpc) is 2.71. The van der Waals surface area contributed by atoms with E-state index in [1.54, 1.807) is 11.3 Å². The van der Waals surface area contributed by atoms with Crippen molar-refractivity contribution < 1.29 is 0 Å². The zero-order valence-corrected chi connectivity index (χ0v) is 8.50. The van der Waals surface area contributed by atoms with E-state index in [9.17, 15) is 0 Å². The van der Waals surface area contributed by atoms with Gasteiger partial charge in [0, 0.05) is 23.0 Å². The van der Waals surface area contributed by atoms with Crippen molar-refractivity contribution in [1.29, 1.82) is 0 Å². The summed E-state index contributed by atoms with van der Waals surface area (Å²) in [7, 11) is 2.02. The molecule has 66 valence electrons. The normalized spacial score (nSPS) is 19.5. The van der Waals surface area contributed by atoms with E-state index < -0.39 is 0 Å². The molecule has 0 radical (unpaired) electrons. The average molecular weight is 203 g/mol. The Labute approximate surface area is 81.0 Å². The SMILES string of the molecule is CNC1(Cc2cnc(Cl)s2)CC1. The summed E-state index contributed by atoms with van der Waals surface area (Å²) in [6, 6.07) is 0. The van der Waals surface area contributed by atoms with E-state index in [0.29, 0.717) is 10.0 Å². The van der Waals surface area contributed by atoms with Crippen molar-refractivity contribution >= 4 is 22.9 Å². The fraction of sp³-hybridized carbons (Fsp3) is 0.625. The summed E-state index contributed by atoms with van der Waals surface area (Å²) in [6.45, 7) is 0. The molecule has 12 heavy (non-hydrogen) atoms. The van der Waals surface area contributed by atoms with Crippen molar-refractivity contribution in [3.05, 3.63) is 15.5 Å². The first-order valence-corrected chi connectivity index (χ1v) is 5.23. The molecule has 1 aromatic heterocycles. The minimum absolute atomic E-state index is 0.371. The molecule has 1 aromatic rings. The maximum Gasteiger partial charge on any atom is 0.183 e. The second-order valence-corrected chi connectivity index (χ2v) is 4.98. The van der Waals surface area contributed by atoms with Crippen LogP contribution in [0.25, 0.3) is 0 Å². The van der Waals surface area contributed by atoms with Gasteiger partial charge in [0.25, 0.3) is 0 Å². The van der Waals surface area contributed by atoms with Crippen LogP contribution >= 0.6 is 22.9 Å². The predicted molar refractivity (Wildman–Crippen MR) is 51.9 cm³/mol. The van der Waals surface area contributed by atoms with E-state index in [4.69, 9.17) is 11.6 Å². The fourth-order valence-electron chi connectivity index (χ4n) is 1.36. The second-order valence-electron chi connectivity index (χ2n) is 3.29. The minimum atomic E-state index is 0.371. The van der Waals surface area contributed by atoms with E-state index in [0.717, 1.165) is 6.42 Å². The standard InChI is InChI=1S/C8H11ClN2S/c1-10-8(2-3-8)4-6-5-11-7(9)12-6/h5,10H,2-4H2,1H3. The Bertz CT molecular complexity index is 280. The molecule has 0 aromatic carbocycles. The summed E-state index contributed by atoms with van der Waals surface area (Å²) >= 11 is 7.32. The van der Waals surface area contributed by atoms with Gasteiger partial charge in [-0.25, -0.2) is 4.98 Å². The van der Waals surface area contributed by atoms with Crippen LogP contribution in [0.4, 0.5) is 0 Å². The number of aromatic nitrogens is 1. The van der Waals surface area contributed by atoms with Crippen LogP contribution in [0.5, 0.6) is 0 Å². The van der Waals surface area contributed by atoms with Gasteiger partial charge >= 0.3 is 0 Å². The molecule has 0 spiro atoms. The quantitative estimate of drug-likeness (QED) is 0.812. The summed E-state index contributed by atoms with van der Waals surface area (Å²) < 4.78 is 0.650. The van der Waals surface area contributed by atoms with Crippen molar-refractivity contribution in [2.24, 2.45) is 0 Å². The molecule has 0 atom stereocenters. The largest absolute Gasteiger partial charge is 0.314 e. The summed E-state index contributed by atoms with van der Waals surface area (Å²) in [5.74, 6) is 0. The molecule has 4 heteroatoms. The molecular formula is C8H11ClN2S. The van der Waals surface area contributed by atoms with Crippen LogP contribution in [-0.4, -0.2) is 17.6 Å². The summed E-state index contributed by atoms with van der Waals surface area (Å²) in [5.41, 5.74) is 0.371. The van der Waals surface area contributed by atoms with Crippen molar-refractivity contribution in [2.75, 3.05) is 7.05 Å². The monoisotopic (exact) mass is 202 g/mol. The van der Waals surface area contributed by atoms with E-state index in [1.807, 2.05) is 13.2 Å². The highest BCUT2D eigenvalue weighted by Crippen LogP contribution is 2.39. The van der Waals surface area contributed by atoms with Gasteiger partial charge in [0.05, 0.1) is 0 Å². The minimum Gasteiger partial charge on any atom is -0.314 e. The third kappa shape index (κ3) is 1.63. The van der Waals surface area contributed by atoms with Gasteiger partial charge in [0.15, 0.2) is 4.47 Å². The van der Waals surface area contributed by atoms with Crippen LogP contribution in [0.15, 0.2) is 6.20 Å². The van der Waals surface area contributed by atoms with Gasteiger partial charge in [0.2, 0.25) is 0 Å². The van der Waals surface area contributed by atoms with E-state index in [-0.39, 0.29) is 0 Å². The summed E-state index contributed by atoms with van der Waals surface area (Å²) in [6.07, 6.45) is 5.51. The molecule has 1 saturated carbocycles. The molecule has 1 aliphatic carbocycles. The number of rotatable bonds is 3. The van der Waals surface area contributed by atoms with Crippen LogP contribution in [0, 0.1) is 0 Å². The highest BCUT2D eigenvalue weighted by atomic mass is 35.5. The highest BCUT2D eigenvalue weighted by Gasteiger charge is 2.41. The first kappa shape index (κ1) is 8.48. The first-order valence-electron chi connectivity index (χ1n) is 4.03. The number of hydrogen-bond acceptors (Lipinski definition) is 3. The molecule has 0 aliphatic heterocycles. The van der Waals surface area contributed by atoms with Crippen LogP contribution in [0.1, 0.15) is 17.7 Å². The van der Waals surface area contributed by atoms with Gasteiger partial charge in [-0.15, -0.1) is 11.3 Å². The number of hydrogen-bond donors (Lipinski definition) is 1. The fourth-order valence-corrected chi connectivity index (χ4v) is 2.49. The molecule has 1 fully saturated rings. The van der Waals surface area contributed by atoms with Crippen molar-refractivity contribution in [3.8, 4) is 0 Å². The van der Waals surface area contributed by atoms with Crippen LogP contribution < -0.4 is 5.32 Å². The van der Waals surface area contributed by atoms with Crippen molar-refractivity contribution in [2.45, 2.75) is 24.8 Å². The van der Waals surface area contributed by atoms with Crippen molar-refractivity contribution in [1.82, 2.24) is 10.3 Å². The molecule has 0 unspecified atom stereocenters. The van der Waals surface area contributed by atoms with Gasteiger partial charge in [-0.2, -0.15) is 0 Å². The lowest BCUT2D eigenvalue weighted by Gasteiger charge is -2.11. The van der Waals surface area contributed by atoms with Crippen LogP contribution in [0.3, 0.4) is 0 Å². The number of likely N-dealkylation sites (N-methyl/N-ethyl adjacent to an activating group) is 1. The number of nitrogens with zero attached hydrogens (tertiary/aromatic N) is 1. The van der Waals surface area contributed by atoms with Gasteiger partial charge in [-0.1, -0.05) is 11.6 Å². The maximum absolute atomic E-state index is 5.74. The van der Waals surface area contributed by atoms with Crippen molar-refractivity contribution in [3.63, 3.8) is 0 Å². The molecule has 0 amide bonds. The summed E-state index contributed by atoms with van der Waals surface area (Å²) in [5, 5.41) is 3.35. The Balaban J connectivity index is 2.04. The Morgan fingerprint density at radius 1 is 1.75 bits per heavy atom. The van der Waals surface area contributed by atoms with Gasteiger partial charge in [-0.05, 0) is 19.9 Å². The third-order valence-corrected chi connectivity index (χ3v) is 3.54.